The minimum absolute atomic E-state index is 0.677. The van der Waals surface area contributed by atoms with Crippen molar-refractivity contribution in [2.75, 3.05) is 13.2 Å². The highest BCUT2D eigenvalue weighted by molar-refractivity contribution is 5.75. The number of nitrogens with one attached hydrogen (secondary N) is 1. The summed E-state index contributed by atoms with van der Waals surface area (Å²) in [5.74, 6) is 2.07. The molecular formula is C23H29N3O2. The Labute approximate surface area is 166 Å². The second kappa shape index (κ2) is 9.93. The summed E-state index contributed by atoms with van der Waals surface area (Å²) < 4.78 is 8.29. The number of aryl methyl sites for hydroxylation is 4. The van der Waals surface area contributed by atoms with Gasteiger partial charge in [0.15, 0.2) is 0 Å². The van der Waals surface area contributed by atoms with Crippen LogP contribution in [0.2, 0.25) is 0 Å². The molecule has 3 aromatic rings. The third-order valence-corrected chi connectivity index (χ3v) is 4.92. The fourth-order valence-electron chi connectivity index (χ4n) is 3.39. The van der Waals surface area contributed by atoms with Crippen molar-refractivity contribution >= 4 is 17.4 Å². The molecule has 3 rings (SSSR count). The molecule has 0 fully saturated rings. The van der Waals surface area contributed by atoms with Crippen molar-refractivity contribution in [3.05, 3.63) is 59.4 Å². The minimum atomic E-state index is 0.677. The smallest absolute Gasteiger partial charge is 0.207 e. The Morgan fingerprint density at radius 3 is 2.82 bits per heavy atom. The molecule has 0 spiro atoms. The standard InChI is InChI=1S/C23H29N3O2/c1-18-11-12-19(2)22(16-18)28-15-6-5-14-26-21-9-4-3-8-20(21)25-23(26)10-7-13-24-17-27/h3-4,8-9,11-12,16-17H,5-7,10,13-15H2,1-2H3,(H,24,27). The molecule has 1 amide bonds. The van der Waals surface area contributed by atoms with E-state index in [2.05, 4.69) is 60.1 Å². The largest absolute Gasteiger partial charge is 0.493 e. The highest BCUT2D eigenvalue weighted by atomic mass is 16.5. The normalized spacial score (nSPS) is 10.9. The SMILES string of the molecule is Cc1ccc(C)c(OCCCCn2c(CCCNC=O)nc3ccccc32)c1. The van der Waals surface area contributed by atoms with Gasteiger partial charge in [0.25, 0.3) is 0 Å². The van der Waals surface area contributed by atoms with E-state index in [0.29, 0.717) is 6.54 Å². The lowest BCUT2D eigenvalue weighted by Gasteiger charge is -2.12. The number of para-hydroxylation sites is 2. The average molecular weight is 380 g/mol. The van der Waals surface area contributed by atoms with Gasteiger partial charge in [-0.3, -0.25) is 4.79 Å². The first-order chi connectivity index (χ1) is 13.7. The monoisotopic (exact) mass is 379 g/mol. The molecule has 1 N–H and O–H groups in total. The van der Waals surface area contributed by atoms with Crippen molar-refractivity contribution in [3.63, 3.8) is 0 Å². The van der Waals surface area contributed by atoms with Crippen LogP contribution in [0.1, 0.15) is 36.2 Å². The summed E-state index contributed by atoms with van der Waals surface area (Å²) in [4.78, 5) is 15.2. The van der Waals surface area contributed by atoms with Crippen LogP contribution in [0.3, 0.4) is 0 Å². The van der Waals surface area contributed by atoms with Crippen LogP contribution in [-0.4, -0.2) is 29.1 Å². The Bertz CT molecular complexity index is 917. The molecule has 0 aliphatic rings. The van der Waals surface area contributed by atoms with E-state index in [9.17, 15) is 4.79 Å². The van der Waals surface area contributed by atoms with Crippen molar-refractivity contribution in [3.8, 4) is 5.75 Å². The predicted octanol–water partition coefficient (Wildman–Crippen LogP) is 4.19. The molecule has 1 aromatic heterocycles. The van der Waals surface area contributed by atoms with Gasteiger partial charge in [0.1, 0.15) is 11.6 Å². The summed E-state index contributed by atoms with van der Waals surface area (Å²) >= 11 is 0. The average Bonchev–Trinajstić information content (AvgIpc) is 3.05. The first-order valence-electron chi connectivity index (χ1n) is 10.0. The van der Waals surface area contributed by atoms with Crippen LogP contribution in [0, 0.1) is 13.8 Å². The van der Waals surface area contributed by atoms with Crippen molar-refractivity contribution < 1.29 is 9.53 Å². The summed E-state index contributed by atoms with van der Waals surface area (Å²) in [6.45, 7) is 6.49. The molecule has 0 aliphatic heterocycles. The number of hydrogen-bond acceptors (Lipinski definition) is 3. The van der Waals surface area contributed by atoms with Gasteiger partial charge in [-0.15, -0.1) is 0 Å². The number of imidazole rings is 1. The summed E-state index contributed by atoms with van der Waals surface area (Å²) in [7, 11) is 0. The third-order valence-electron chi connectivity index (χ3n) is 4.92. The number of carbonyl (C=O) groups excluding carboxylic acids is 1. The predicted molar refractivity (Wildman–Crippen MR) is 113 cm³/mol. The number of nitrogens with zero attached hydrogens (tertiary/aromatic N) is 2. The first-order valence-corrected chi connectivity index (χ1v) is 10.0. The van der Waals surface area contributed by atoms with E-state index in [0.717, 1.165) is 62.3 Å². The van der Waals surface area contributed by atoms with E-state index < -0.39 is 0 Å². The molecule has 5 nitrogen and oxygen atoms in total. The van der Waals surface area contributed by atoms with E-state index in [4.69, 9.17) is 9.72 Å². The van der Waals surface area contributed by atoms with E-state index in [1.54, 1.807) is 0 Å². The Balaban J connectivity index is 1.56. The zero-order valence-corrected chi connectivity index (χ0v) is 16.8. The second-order valence-electron chi connectivity index (χ2n) is 7.17. The molecule has 2 aromatic carbocycles. The van der Waals surface area contributed by atoms with Crippen molar-refractivity contribution in [2.45, 2.75) is 46.1 Å². The van der Waals surface area contributed by atoms with Crippen LogP contribution in [0.5, 0.6) is 5.75 Å². The first kappa shape index (κ1) is 19.9. The van der Waals surface area contributed by atoms with Crippen LogP contribution < -0.4 is 10.1 Å². The van der Waals surface area contributed by atoms with E-state index in [1.165, 1.54) is 16.6 Å². The Hall–Kier alpha value is -2.82. The molecular weight excluding hydrogens is 350 g/mol. The molecule has 0 saturated carbocycles. The second-order valence-corrected chi connectivity index (χ2v) is 7.17. The van der Waals surface area contributed by atoms with Crippen LogP contribution in [0.25, 0.3) is 11.0 Å². The van der Waals surface area contributed by atoms with Gasteiger partial charge < -0.3 is 14.6 Å². The summed E-state index contributed by atoms with van der Waals surface area (Å²) in [5.41, 5.74) is 4.61. The third kappa shape index (κ3) is 5.12. The number of aromatic nitrogens is 2. The van der Waals surface area contributed by atoms with Gasteiger partial charge in [-0.2, -0.15) is 0 Å². The lowest BCUT2D eigenvalue weighted by Crippen LogP contribution is -2.14. The van der Waals surface area contributed by atoms with Crippen molar-refractivity contribution in [1.29, 1.82) is 0 Å². The van der Waals surface area contributed by atoms with Gasteiger partial charge in [0, 0.05) is 19.5 Å². The lowest BCUT2D eigenvalue weighted by atomic mass is 10.1. The van der Waals surface area contributed by atoms with Gasteiger partial charge in [0.05, 0.1) is 17.6 Å². The summed E-state index contributed by atoms with van der Waals surface area (Å²) in [5, 5.41) is 2.72. The quantitative estimate of drug-likeness (QED) is 0.401. The molecule has 0 saturated heterocycles. The fourth-order valence-corrected chi connectivity index (χ4v) is 3.39. The van der Waals surface area contributed by atoms with E-state index >= 15 is 0 Å². The number of fused-ring (bicyclic) bond motifs is 1. The Morgan fingerprint density at radius 1 is 1.11 bits per heavy atom. The number of benzene rings is 2. The van der Waals surface area contributed by atoms with Crippen molar-refractivity contribution in [1.82, 2.24) is 14.9 Å². The van der Waals surface area contributed by atoms with Crippen LogP contribution in [0.15, 0.2) is 42.5 Å². The van der Waals surface area contributed by atoms with Gasteiger partial charge in [0.2, 0.25) is 6.41 Å². The minimum Gasteiger partial charge on any atom is -0.493 e. The molecule has 0 bridgehead atoms. The zero-order valence-electron chi connectivity index (χ0n) is 16.8. The topological polar surface area (TPSA) is 56.1 Å². The molecule has 148 valence electrons. The molecule has 0 aliphatic carbocycles. The number of rotatable bonds is 11. The number of ether oxygens (including phenoxy) is 1. The summed E-state index contributed by atoms with van der Waals surface area (Å²) in [6, 6.07) is 14.6. The van der Waals surface area contributed by atoms with Gasteiger partial charge in [-0.25, -0.2) is 4.98 Å². The van der Waals surface area contributed by atoms with E-state index in [1.807, 2.05) is 6.07 Å². The van der Waals surface area contributed by atoms with Crippen LogP contribution in [-0.2, 0) is 17.8 Å². The molecule has 5 heteroatoms. The Morgan fingerprint density at radius 2 is 1.96 bits per heavy atom. The maximum Gasteiger partial charge on any atom is 0.207 e. The molecule has 1 heterocycles. The highest BCUT2D eigenvalue weighted by Gasteiger charge is 2.10. The van der Waals surface area contributed by atoms with Crippen molar-refractivity contribution in [2.24, 2.45) is 0 Å². The van der Waals surface area contributed by atoms with Gasteiger partial charge in [-0.05, 0) is 62.4 Å². The molecule has 28 heavy (non-hydrogen) atoms. The number of amides is 1. The fraction of sp³-hybridized carbons (Fsp3) is 0.391. The van der Waals surface area contributed by atoms with Crippen LogP contribution >= 0.6 is 0 Å². The maximum absolute atomic E-state index is 10.4. The molecule has 0 atom stereocenters. The van der Waals surface area contributed by atoms with Crippen LogP contribution in [0.4, 0.5) is 0 Å². The summed E-state index contributed by atoms with van der Waals surface area (Å²) in [6.07, 6.45) is 4.52. The van der Waals surface area contributed by atoms with Gasteiger partial charge >= 0.3 is 0 Å². The lowest BCUT2D eigenvalue weighted by molar-refractivity contribution is -0.109. The molecule has 0 unspecified atom stereocenters. The number of hydrogen-bond donors (Lipinski definition) is 1. The van der Waals surface area contributed by atoms with E-state index in [-0.39, 0.29) is 0 Å². The molecule has 0 radical (unpaired) electrons. The highest BCUT2D eigenvalue weighted by Crippen LogP contribution is 2.20. The maximum atomic E-state index is 10.4. The number of carbonyl (C=O) groups is 1. The zero-order chi connectivity index (χ0) is 19.8. The number of unbranched alkanes of at least 4 members (excludes halogenated alkanes) is 1. The Kier molecular flexibility index (Phi) is 7.06. The van der Waals surface area contributed by atoms with Gasteiger partial charge in [-0.1, -0.05) is 24.3 Å².